The Morgan fingerprint density at radius 1 is 1.42 bits per heavy atom. The topological polar surface area (TPSA) is 48.3 Å². The molecule has 6 heteroatoms. The van der Waals surface area contributed by atoms with Crippen molar-refractivity contribution in [3.63, 3.8) is 0 Å². The lowest BCUT2D eigenvalue weighted by Crippen LogP contribution is -2.15. The van der Waals surface area contributed by atoms with Crippen molar-refractivity contribution in [3.05, 3.63) is 35.0 Å². The molecule has 0 saturated carbocycles. The van der Waals surface area contributed by atoms with Crippen LogP contribution in [0.2, 0.25) is 5.02 Å². The number of halogens is 2. The Labute approximate surface area is 123 Å². The molecule has 0 atom stereocenters. The van der Waals surface area contributed by atoms with E-state index in [9.17, 15) is 9.59 Å². The fourth-order valence-electron chi connectivity index (χ4n) is 1.96. The second kappa shape index (κ2) is 5.75. The van der Waals surface area contributed by atoms with Crippen LogP contribution in [0, 0.1) is 0 Å². The van der Waals surface area contributed by atoms with Crippen molar-refractivity contribution in [3.8, 4) is 0 Å². The number of aromatic nitrogens is 1. The van der Waals surface area contributed by atoms with Gasteiger partial charge in [-0.25, -0.2) is 4.79 Å². The number of esters is 1. The summed E-state index contributed by atoms with van der Waals surface area (Å²) in [5.41, 5.74) is 1.09. The second-order valence-corrected chi connectivity index (χ2v) is 5.08. The second-order valence-electron chi connectivity index (χ2n) is 3.88. The first-order valence-corrected chi connectivity index (χ1v) is 7.06. The molecule has 0 amide bonds. The molecule has 1 aromatic heterocycles. The Balaban J connectivity index is 2.67. The molecule has 0 bridgehead atoms. The Kier molecular flexibility index (Phi) is 4.27. The summed E-state index contributed by atoms with van der Waals surface area (Å²) in [6, 6.07) is 5.36. The van der Waals surface area contributed by atoms with E-state index in [2.05, 4.69) is 20.7 Å². The van der Waals surface area contributed by atoms with Crippen molar-refractivity contribution in [2.45, 2.75) is 6.54 Å². The molecule has 0 aliphatic rings. The molecule has 0 N–H and O–H groups in total. The number of ketones is 1. The molecule has 2 rings (SSSR count). The molecule has 2 aromatic rings. The summed E-state index contributed by atoms with van der Waals surface area (Å²) >= 11 is 9.49. The van der Waals surface area contributed by atoms with Crippen LogP contribution in [0.4, 0.5) is 0 Å². The van der Waals surface area contributed by atoms with Crippen molar-refractivity contribution in [2.75, 3.05) is 12.4 Å². The van der Waals surface area contributed by atoms with E-state index in [1.807, 2.05) is 16.7 Å². The summed E-state index contributed by atoms with van der Waals surface area (Å²) < 4.78 is 6.36. The van der Waals surface area contributed by atoms with Crippen molar-refractivity contribution in [2.24, 2.45) is 0 Å². The zero-order chi connectivity index (χ0) is 14.0. The van der Waals surface area contributed by atoms with Gasteiger partial charge in [0.1, 0.15) is 0 Å². The van der Waals surface area contributed by atoms with Gasteiger partial charge in [0.05, 0.1) is 23.2 Å². The fourth-order valence-corrected chi connectivity index (χ4v) is 2.61. The van der Waals surface area contributed by atoms with Crippen LogP contribution < -0.4 is 0 Å². The maximum atomic E-state index is 12.0. The molecule has 0 radical (unpaired) electrons. The third-order valence-electron chi connectivity index (χ3n) is 2.80. The van der Waals surface area contributed by atoms with Crippen LogP contribution in [0.25, 0.3) is 10.9 Å². The third kappa shape index (κ3) is 2.53. The number of ether oxygens (including phenoxy) is 1. The first-order valence-electron chi connectivity index (χ1n) is 5.56. The molecule has 0 saturated heterocycles. The first kappa shape index (κ1) is 14.1. The van der Waals surface area contributed by atoms with Crippen LogP contribution in [0.3, 0.4) is 0 Å². The van der Waals surface area contributed by atoms with E-state index in [4.69, 9.17) is 11.6 Å². The van der Waals surface area contributed by atoms with Crippen LogP contribution in [-0.2, 0) is 16.1 Å². The molecule has 0 fully saturated rings. The van der Waals surface area contributed by atoms with Crippen LogP contribution in [-0.4, -0.2) is 28.8 Å². The van der Waals surface area contributed by atoms with Crippen molar-refractivity contribution in [1.29, 1.82) is 0 Å². The maximum absolute atomic E-state index is 12.0. The maximum Gasteiger partial charge on any atom is 0.379 e. The van der Waals surface area contributed by atoms with Gasteiger partial charge in [-0.2, -0.15) is 0 Å². The number of Topliss-reactive ketones (excluding diaryl/α,β-unsaturated/α-hetero) is 1. The number of fused-ring (bicyclic) bond motifs is 1. The van der Waals surface area contributed by atoms with Crippen LogP contribution >= 0.6 is 27.5 Å². The van der Waals surface area contributed by atoms with Crippen LogP contribution in [0.15, 0.2) is 24.4 Å². The predicted molar refractivity (Wildman–Crippen MR) is 77.1 cm³/mol. The summed E-state index contributed by atoms with van der Waals surface area (Å²) in [5, 5.41) is 1.76. The summed E-state index contributed by atoms with van der Waals surface area (Å²) in [7, 11) is 1.18. The van der Waals surface area contributed by atoms with Gasteiger partial charge in [-0.3, -0.25) is 4.79 Å². The van der Waals surface area contributed by atoms with Crippen molar-refractivity contribution in [1.82, 2.24) is 4.57 Å². The highest BCUT2D eigenvalue weighted by Gasteiger charge is 2.23. The highest BCUT2D eigenvalue weighted by Crippen LogP contribution is 2.29. The average molecular weight is 345 g/mol. The van der Waals surface area contributed by atoms with E-state index < -0.39 is 11.8 Å². The van der Waals surface area contributed by atoms with E-state index in [0.29, 0.717) is 17.0 Å². The number of benzene rings is 1. The number of alkyl halides is 1. The third-order valence-corrected chi connectivity index (χ3v) is 3.47. The minimum atomic E-state index is -0.891. The zero-order valence-corrected chi connectivity index (χ0v) is 12.5. The quantitative estimate of drug-likeness (QED) is 0.371. The highest BCUT2D eigenvalue weighted by atomic mass is 79.9. The number of hydrogen-bond donors (Lipinski definition) is 0. The van der Waals surface area contributed by atoms with E-state index >= 15 is 0 Å². The lowest BCUT2D eigenvalue weighted by molar-refractivity contribution is -0.135. The Bertz CT molecular complexity index is 651. The number of rotatable bonds is 4. The van der Waals surface area contributed by atoms with Gasteiger partial charge in [-0.05, 0) is 12.1 Å². The van der Waals surface area contributed by atoms with E-state index in [-0.39, 0.29) is 5.56 Å². The molecular weight excluding hydrogens is 334 g/mol. The van der Waals surface area contributed by atoms with Crippen molar-refractivity contribution < 1.29 is 14.3 Å². The molecule has 1 aromatic carbocycles. The number of nitrogens with zero attached hydrogens (tertiary/aromatic N) is 1. The lowest BCUT2D eigenvalue weighted by atomic mass is 10.1. The minimum Gasteiger partial charge on any atom is -0.463 e. The fraction of sp³-hybridized carbons (Fsp3) is 0.231. The smallest absolute Gasteiger partial charge is 0.379 e. The SMILES string of the molecule is COC(=O)C(=O)c1cn(CCBr)c2cccc(Cl)c12. The number of methoxy groups -OCH3 is 1. The number of carbonyl (C=O) groups is 2. The number of hydrogen-bond acceptors (Lipinski definition) is 3. The van der Waals surface area contributed by atoms with E-state index in [1.165, 1.54) is 7.11 Å². The first-order chi connectivity index (χ1) is 9.10. The van der Waals surface area contributed by atoms with Gasteiger partial charge in [0.15, 0.2) is 0 Å². The molecule has 4 nitrogen and oxygen atoms in total. The van der Waals surface area contributed by atoms with Gasteiger partial charge in [-0.1, -0.05) is 33.6 Å². The van der Waals surface area contributed by atoms with Crippen LogP contribution in [0.1, 0.15) is 10.4 Å². The van der Waals surface area contributed by atoms with Gasteiger partial charge in [0, 0.05) is 23.5 Å². The Morgan fingerprint density at radius 2 is 2.16 bits per heavy atom. The predicted octanol–water partition coefficient (Wildman–Crippen LogP) is 3.05. The lowest BCUT2D eigenvalue weighted by Gasteiger charge is -2.01. The Hall–Kier alpha value is -1.33. The molecule has 100 valence electrons. The summed E-state index contributed by atoms with van der Waals surface area (Å²) in [6.07, 6.45) is 1.64. The number of aryl methyl sites for hydroxylation is 1. The molecule has 0 aliphatic carbocycles. The summed E-state index contributed by atoms with van der Waals surface area (Å²) in [5.74, 6) is -1.58. The minimum absolute atomic E-state index is 0.272. The monoisotopic (exact) mass is 343 g/mol. The van der Waals surface area contributed by atoms with Gasteiger partial charge >= 0.3 is 5.97 Å². The molecule has 0 spiro atoms. The van der Waals surface area contributed by atoms with Gasteiger partial charge in [-0.15, -0.1) is 0 Å². The molecule has 19 heavy (non-hydrogen) atoms. The molecule has 0 aliphatic heterocycles. The molecule has 1 heterocycles. The average Bonchev–Trinajstić information content (AvgIpc) is 2.78. The van der Waals surface area contributed by atoms with Crippen LogP contribution in [0.5, 0.6) is 0 Å². The van der Waals surface area contributed by atoms with Gasteiger partial charge in [0.2, 0.25) is 0 Å². The standard InChI is InChI=1S/C13H11BrClNO3/c1-19-13(18)12(17)8-7-16(6-5-14)10-4-2-3-9(15)11(8)10/h2-4,7H,5-6H2,1H3. The normalized spacial score (nSPS) is 10.7. The summed E-state index contributed by atoms with van der Waals surface area (Å²) in [4.78, 5) is 23.4. The number of carbonyl (C=O) groups excluding carboxylic acids is 2. The Morgan fingerprint density at radius 3 is 2.79 bits per heavy atom. The highest BCUT2D eigenvalue weighted by molar-refractivity contribution is 9.09. The van der Waals surface area contributed by atoms with Gasteiger partial charge in [0.25, 0.3) is 5.78 Å². The molecule has 0 unspecified atom stereocenters. The molecular formula is C13H11BrClNO3. The largest absolute Gasteiger partial charge is 0.463 e. The van der Waals surface area contributed by atoms with Crippen molar-refractivity contribution >= 4 is 50.2 Å². The van der Waals surface area contributed by atoms with Gasteiger partial charge < -0.3 is 9.30 Å². The van der Waals surface area contributed by atoms with E-state index in [1.54, 1.807) is 12.3 Å². The summed E-state index contributed by atoms with van der Waals surface area (Å²) in [6.45, 7) is 0.672. The van der Waals surface area contributed by atoms with E-state index in [0.717, 1.165) is 10.8 Å². The zero-order valence-electron chi connectivity index (χ0n) is 10.2.